The molecule has 2 heterocycles. The van der Waals surface area contributed by atoms with E-state index in [2.05, 4.69) is 12.1 Å². The molecule has 0 amide bonds. The Hall–Kier alpha value is -1.84. The summed E-state index contributed by atoms with van der Waals surface area (Å²) in [5, 5.41) is 9.42. The molecule has 2 aliphatic rings. The first-order valence-corrected chi connectivity index (χ1v) is 6.99. The molecule has 3 nitrogen and oxygen atoms in total. The van der Waals surface area contributed by atoms with Crippen LogP contribution in [0.5, 0.6) is 11.5 Å². The Morgan fingerprint density at radius 2 is 1.60 bits per heavy atom. The van der Waals surface area contributed by atoms with Gasteiger partial charge in [-0.1, -0.05) is 36.4 Å². The van der Waals surface area contributed by atoms with Gasteiger partial charge < -0.3 is 14.6 Å². The number of fused-ring (bicyclic) bond motifs is 5. The van der Waals surface area contributed by atoms with E-state index < -0.39 is 0 Å². The highest BCUT2D eigenvalue weighted by Gasteiger charge is 2.41. The summed E-state index contributed by atoms with van der Waals surface area (Å²) in [4.78, 5) is 0. The third kappa shape index (κ3) is 1.74. The van der Waals surface area contributed by atoms with E-state index in [4.69, 9.17) is 9.47 Å². The van der Waals surface area contributed by atoms with Gasteiger partial charge in [0.2, 0.25) is 0 Å². The molecule has 3 atom stereocenters. The van der Waals surface area contributed by atoms with Gasteiger partial charge in [-0.3, -0.25) is 0 Å². The molecule has 2 aromatic carbocycles. The lowest BCUT2D eigenvalue weighted by Crippen LogP contribution is -2.11. The summed E-state index contributed by atoms with van der Waals surface area (Å²) in [6.45, 7) is 0.0676. The molecule has 4 rings (SSSR count). The Morgan fingerprint density at radius 1 is 0.950 bits per heavy atom. The molecule has 2 aliphatic heterocycles. The number of hydrogen-bond acceptors (Lipinski definition) is 3. The fourth-order valence-corrected chi connectivity index (χ4v) is 3.27. The van der Waals surface area contributed by atoms with Crippen LogP contribution >= 0.6 is 0 Å². The summed E-state index contributed by atoms with van der Waals surface area (Å²) in [6, 6.07) is 16.1. The molecule has 1 N–H and O–H groups in total. The Labute approximate surface area is 117 Å². The molecule has 102 valence electrons. The highest BCUT2D eigenvalue weighted by Crippen LogP contribution is 2.52. The molecule has 0 saturated carbocycles. The number of rotatable bonds is 1. The molecule has 0 aliphatic carbocycles. The van der Waals surface area contributed by atoms with Crippen molar-refractivity contribution in [1.29, 1.82) is 0 Å². The van der Waals surface area contributed by atoms with Gasteiger partial charge in [0.25, 0.3) is 0 Å². The van der Waals surface area contributed by atoms with E-state index >= 15 is 0 Å². The molecule has 20 heavy (non-hydrogen) atoms. The van der Waals surface area contributed by atoms with Gasteiger partial charge in [0.15, 0.2) is 0 Å². The minimum absolute atomic E-state index is 0.0352. The summed E-state index contributed by atoms with van der Waals surface area (Å²) < 4.78 is 12.1. The molecule has 1 fully saturated rings. The number of ether oxygens (including phenoxy) is 2. The van der Waals surface area contributed by atoms with E-state index in [-0.39, 0.29) is 24.7 Å². The smallest absolute Gasteiger partial charge is 0.133 e. The second kappa shape index (κ2) is 4.62. The predicted molar refractivity (Wildman–Crippen MR) is 75.0 cm³/mol. The maximum atomic E-state index is 9.42. The largest absolute Gasteiger partial charge is 0.457 e. The molecule has 2 aromatic rings. The first-order chi connectivity index (χ1) is 9.86. The second-order valence-electron chi connectivity index (χ2n) is 5.38. The van der Waals surface area contributed by atoms with E-state index in [1.807, 2.05) is 36.4 Å². The summed E-state index contributed by atoms with van der Waals surface area (Å²) >= 11 is 0. The molecule has 0 radical (unpaired) electrons. The quantitative estimate of drug-likeness (QED) is 0.861. The normalized spacial score (nSPS) is 26.9. The van der Waals surface area contributed by atoms with E-state index in [0.29, 0.717) is 0 Å². The Balaban J connectivity index is 1.89. The van der Waals surface area contributed by atoms with Crippen LogP contribution in [-0.2, 0) is 4.74 Å². The molecule has 0 spiro atoms. The van der Waals surface area contributed by atoms with Crippen LogP contribution in [0.25, 0.3) is 0 Å². The minimum atomic E-state index is -0.0933. The molecule has 3 heteroatoms. The number of aliphatic hydroxyl groups excluding tert-OH is 1. The topological polar surface area (TPSA) is 38.7 Å². The van der Waals surface area contributed by atoms with Crippen molar-refractivity contribution in [2.45, 2.75) is 24.5 Å². The molecule has 0 unspecified atom stereocenters. The zero-order chi connectivity index (χ0) is 13.5. The number of benzene rings is 2. The average molecular weight is 268 g/mol. The molecular weight excluding hydrogens is 252 g/mol. The van der Waals surface area contributed by atoms with Crippen molar-refractivity contribution in [1.82, 2.24) is 0 Å². The van der Waals surface area contributed by atoms with Gasteiger partial charge in [-0.15, -0.1) is 0 Å². The lowest BCUT2D eigenvalue weighted by Gasteiger charge is -2.17. The van der Waals surface area contributed by atoms with E-state index in [9.17, 15) is 5.11 Å². The van der Waals surface area contributed by atoms with Crippen molar-refractivity contribution < 1.29 is 14.6 Å². The van der Waals surface area contributed by atoms with Crippen molar-refractivity contribution in [2.75, 3.05) is 6.61 Å². The standard InChI is InChI=1S/C17H16O3/c18-10-11-9-14-12-5-1-3-7-15(12)20-16-8-4-2-6-13(16)17(14)19-11/h1-8,11,14,17-18H,9-10H2/t11-,14+,17+/m0/s1. The van der Waals surface area contributed by atoms with Crippen LogP contribution in [0.2, 0.25) is 0 Å². The number of hydrogen-bond donors (Lipinski definition) is 1. The first-order valence-electron chi connectivity index (χ1n) is 6.99. The molecule has 0 bridgehead atoms. The third-order valence-electron chi connectivity index (χ3n) is 4.19. The van der Waals surface area contributed by atoms with Crippen molar-refractivity contribution in [3.63, 3.8) is 0 Å². The maximum absolute atomic E-state index is 9.42. The van der Waals surface area contributed by atoms with Gasteiger partial charge in [0.1, 0.15) is 11.5 Å². The Bertz CT molecular complexity index is 584. The van der Waals surface area contributed by atoms with Gasteiger partial charge >= 0.3 is 0 Å². The second-order valence-corrected chi connectivity index (χ2v) is 5.38. The van der Waals surface area contributed by atoms with Gasteiger partial charge in [-0.05, 0) is 18.6 Å². The Kier molecular flexibility index (Phi) is 2.76. The lowest BCUT2D eigenvalue weighted by atomic mass is 9.88. The SMILES string of the molecule is OC[C@@H]1C[C@@H]2c3ccccc3Oc3ccccc3[C@H]2O1. The monoisotopic (exact) mass is 268 g/mol. The third-order valence-corrected chi connectivity index (χ3v) is 4.19. The molecular formula is C17H16O3. The van der Waals surface area contributed by atoms with Crippen LogP contribution < -0.4 is 4.74 Å². The first kappa shape index (κ1) is 11.9. The summed E-state index contributed by atoms with van der Waals surface area (Å²) in [5.41, 5.74) is 2.24. The lowest BCUT2D eigenvalue weighted by molar-refractivity contribution is 0.00836. The highest BCUT2D eigenvalue weighted by molar-refractivity contribution is 5.49. The van der Waals surface area contributed by atoms with Crippen LogP contribution in [0, 0.1) is 0 Å². The predicted octanol–water partition coefficient (Wildman–Crippen LogP) is 3.40. The fourth-order valence-electron chi connectivity index (χ4n) is 3.27. The maximum Gasteiger partial charge on any atom is 0.133 e. The number of para-hydroxylation sites is 2. The van der Waals surface area contributed by atoms with Gasteiger partial charge in [-0.25, -0.2) is 0 Å². The van der Waals surface area contributed by atoms with Gasteiger partial charge in [0, 0.05) is 17.0 Å². The van der Waals surface area contributed by atoms with Crippen molar-refractivity contribution >= 4 is 0 Å². The van der Waals surface area contributed by atoms with Gasteiger partial charge in [-0.2, -0.15) is 0 Å². The van der Waals surface area contributed by atoms with Crippen LogP contribution in [0.3, 0.4) is 0 Å². The minimum Gasteiger partial charge on any atom is -0.457 e. The van der Waals surface area contributed by atoms with Crippen LogP contribution in [0.1, 0.15) is 29.6 Å². The fraction of sp³-hybridized carbons (Fsp3) is 0.294. The van der Waals surface area contributed by atoms with Crippen LogP contribution in [-0.4, -0.2) is 17.8 Å². The highest BCUT2D eigenvalue weighted by atomic mass is 16.5. The van der Waals surface area contributed by atoms with Gasteiger partial charge in [0.05, 0.1) is 18.8 Å². The summed E-state index contributed by atoms with van der Waals surface area (Å²) in [6.07, 6.45) is 0.701. The van der Waals surface area contributed by atoms with E-state index in [0.717, 1.165) is 23.5 Å². The van der Waals surface area contributed by atoms with Crippen molar-refractivity contribution in [3.8, 4) is 11.5 Å². The van der Waals surface area contributed by atoms with Crippen molar-refractivity contribution in [3.05, 3.63) is 59.7 Å². The van der Waals surface area contributed by atoms with Crippen LogP contribution in [0.4, 0.5) is 0 Å². The zero-order valence-electron chi connectivity index (χ0n) is 11.0. The van der Waals surface area contributed by atoms with E-state index in [1.165, 1.54) is 5.56 Å². The van der Waals surface area contributed by atoms with Crippen LogP contribution in [0.15, 0.2) is 48.5 Å². The Morgan fingerprint density at radius 3 is 2.35 bits per heavy atom. The average Bonchev–Trinajstić information content (AvgIpc) is 2.87. The molecule has 0 aromatic heterocycles. The summed E-state index contributed by atoms with van der Waals surface area (Å²) in [5.74, 6) is 1.99. The van der Waals surface area contributed by atoms with E-state index in [1.54, 1.807) is 0 Å². The summed E-state index contributed by atoms with van der Waals surface area (Å²) in [7, 11) is 0. The zero-order valence-corrected chi connectivity index (χ0v) is 11.0. The molecule has 1 saturated heterocycles. The number of aliphatic hydroxyl groups is 1. The van der Waals surface area contributed by atoms with Crippen molar-refractivity contribution in [2.24, 2.45) is 0 Å².